The van der Waals surface area contributed by atoms with Crippen LogP contribution in [-0.2, 0) is 0 Å². The van der Waals surface area contributed by atoms with Gasteiger partial charge in [0.05, 0.1) is 5.52 Å². The van der Waals surface area contributed by atoms with Crippen molar-refractivity contribution in [2.24, 2.45) is 10.9 Å². The maximum Gasteiger partial charge on any atom is 0.153 e. The van der Waals surface area contributed by atoms with Gasteiger partial charge in [0.25, 0.3) is 0 Å². The molecular formula is C13H16N4. The Hall–Kier alpha value is -1.84. The Morgan fingerprint density at radius 3 is 3.06 bits per heavy atom. The summed E-state index contributed by atoms with van der Waals surface area (Å²) in [5.41, 5.74) is 9.17. The number of nitrogens with two attached hydrogens (primary N) is 1. The van der Waals surface area contributed by atoms with Gasteiger partial charge in [0.2, 0.25) is 0 Å². The van der Waals surface area contributed by atoms with E-state index in [4.69, 9.17) is 5.73 Å². The summed E-state index contributed by atoms with van der Waals surface area (Å²) >= 11 is 0. The lowest BCUT2D eigenvalue weighted by Crippen LogP contribution is -2.14. The molecule has 0 bridgehead atoms. The third kappa shape index (κ3) is 1.79. The molecule has 2 heterocycles. The van der Waals surface area contributed by atoms with Crippen LogP contribution >= 0.6 is 0 Å². The minimum atomic E-state index is 0.562. The van der Waals surface area contributed by atoms with Gasteiger partial charge < -0.3 is 5.73 Å². The molecule has 0 saturated carbocycles. The second-order valence-electron chi connectivity index (χ2n) is 4.80. The van der Waals surface area contributed by atoms with Crippen molar-refractivity contribution < 1.29 is 0 Å². The normalized spacial score (nSPS) is 20.5. The first-order chi connectivity index (χ1) is 8.24. The molecule has 3 rings (SSSR count). The molecule has 1 aliphatic rings. The Morgan fingerprint density at radius 1 is 1.41 bits per heavy atom. The molecule has 4 heteroatoms. The van der Waals surface area contributed by atoms with E-state index in [1.165, 1.54) is 17.7 Å². The lowest BCUT2D eigenvalue weighted by atomic mass is 9.95. The molecule has 1 aromatic heterocycles. The number of nitrogen functional groups attached to an aromatic ring is 1. The van der Waals surface area contributed by atoms with Gasteiger partial charge in [0.15, 0.2) is 5.82 Å². The van der Waals surface area contributed by atoms with Crippen LogP contribution in [0.3, 0.4) is 0 Å². The van der Waals surface area contributed by atoms with E-state index >= 15 is 0 Å². The highest BCUT2D eigenvalue weighted by atomic mass is 15.1. The van der Waals surface area contributed by atoms with Crippen LogP contribution in [0.1, 0.15) is 25.3 Å². The highest BCUT2D eigenvalue weighted by molar-refractivity contribution is 6.04. The Kier molecular flexibility index (Phi) is 2.35. The molecule has 0 aliphatic carbocycles. The van der Waals surface area contributed by atoms with E-state index in [1.54, 1.807) is 0 Å². The molecule has 0 spiro atoms. The molecule has 2 aromatic rings. The van der Waals surface area contributed by atoms with Crippen LogP contribution in [0, 0.1) is 5.92 Å². The number of aromatic nitrogens is 2. The summed E-state index contributed by atoms with van der Waals surface area (Å²) in [5.74, 6) is 1.27. The smallest absolute Gasteiger partial charge is 0.153 e. The number of rotatable bonds is 1. The second-order valence-corrected chi connectivity index (χ2v) is 4.80. The summed E-state index contributed by atoms with van der Waals surface area (Å²) in [6, 6.07) is 6.20. The van der Waals surface area contributed by atoms with Crippen molar-refractivity contribution in [3.63, 3.8) is 0 Å². The van der Waals surface area contributed by atoms with Gasteiger partial charge in [-0.3, -0.25) is 10.1 Å². The topological polar surface area (TPSA) is 67.1 Å². The molecule has 1 atom stereocenters. The van der Waals surface area contributed by atoms with Gasteiger partial charge >= 0.3 is 0 Å². The van der Waals surface area contributed by atoms with Gasteiger partial charge in [-0.2, -0.15) is 5.10 Å². The molecule has 0 radical (unpaired) electrons. The van der Waals surface area contributed by atoms with Crippen molar-refractivity contribution in [3.8, 4) is 0 Å². The minimum absolute atomic E-state index is 0.562. The quantitative estimate of drug-likeness (QED) is 0.786. The maximum absolute atomic E-state index is 5.81. The molecule has 0 saturated heterocycles. The van der Waals surface area contributed by atoms with Crippen molar-refractivity contribution >= 4 is 22.4 Å². The lowest BCUT2D eigenvalue weighted by molar-refractivity contribution is 0.538. The summed E-state index contributed by atoms with van der Waals surface area (Å²) in [4.78, 5) is 4.65. The summed E-state index contributed by atoms with van der Waals surface area (Å²) in [6.07, 6.45) is 2.28. The fourth-order valence-electron chi connectivity index (χ4n) is 2.27. The maximum atomic E-state index is 5.81. The predicted octanol–water partition coefficient (Wildman–Crippen LogP) is 2.36. The van der Waals surface area contributed by atoms with E-state index in [1.807, 2.05) is 6.07 Å². The number of anilines is 1. The van der Waals surface area contributed by atoms with Crippen LogP contribution in [0.5, 0.6) is 0 Å². The predicted molar refractivity (Wildman–Crippen MR) is 70.3 cm³/mol. The van der Waals surface area contributed by atoms with Crippen LogP contribution < -0.4 is 5.73 Å². The number of nitrogens with zero attached hydrogens (tertiary/aromatic N) is 2. The third-order valence-electron chi connectivity index (χ3n) is 3.39. The van der Waals surface area contributed by atoms with Crippen LogP contribution in [0.25, 0.3) is 10.9 Å². The molecule has 1 aliphatic heterocycles. The molecular weight excluding hydrogens is 212 g/mol. The lowest BCUT2D eigenvalue weighted by Gasteiger charge is -2.17. The fourth-order valence-corrected chi connectivity index (χ4v) is 2.27. The largest absolute Gasteiger partial charge is 0.382 e. The fraction of sp³-hybridized carbons (Fsp3) is 0.385. The number of benzene rings is 1. The van der Waals surface area contributed by atoms with Crippen LogP contribution in [0.15, 0.2) is 23.2 Å². The number of H-pyrrole nitrogens is 1. The molecule has 1 aromatic carbocycles. The number of hydrogen-bond acceptors (Lipinski definition) is 3. The van der Waals surface area contributed by atoms with E-state index in [9.17, 15) is 0 Å². The van der Waals surface area contributed by atoms with Gasteiger partial charge in [0, 0.05) is 17.6 Å². The number of nitrogens with one attached hydrogen (secondary N) is 1. The minimum Gasteiger partial charge on any atom is -0.382 e. The third-order valence-corrected chi connectivity index (χ3v) is 3.39. The standard InChI is InChI=1S/C13H16N4/c1-8-2-4-11(15-7-8)9-3-5-12-10(6-9)13(14)17-16-12/h3,5-6,8H,2,4,7H2,1H3,(H3,14,16,17). The summed E-state index contributed by atoms with van der Waals surface area (Å²) < 4.78 is 0. The van der Waals surface area contributed by atoms with Crippen LogP contribution in [0.2, 0.25) is 0 Å². The first kappa shape index (κ1) is 10.3. The average Bonchev–Trinajstić information content (AvgIpc) is 2.72. The summed E-state index contributed by atoms with van der Waals surface area (Å²) in [7, 11) is 0. The van der Waals surface area contributed by atoms with Crippen molar-refractivity contribution in [1.82, 2.24) is 10.2 Å². The van der Waals surface area contributed by atoms with Gasteiger partial charge in [-0.05, 0) is 36.5 Å². The Bertz CT molecular complexity index is 582. The Labute approximate surface area is 99.9 Å². The highest BCUT2D eigenvalue weighted by Gasteiger charge is 2.14. The zero-order chi connectivity index (χ0) is 11.8. The second kappa shape index (κ2) is 3.87. The van der Waals surface area contributed by atoms with E-state index in [2.05, 4.69) is 34.2 Å². The molecule has 17 heavy (non-hydrogen) atoms. The van der Waals surface area contributed by atoms with Gasteiger partial charge in [0.1, 0.15) is 0 Å². The molecule has 88 valence electrons. The van der Waals surface area contributed by atoms with Crippen molar-refractivity contribution in [3.05, 3.63) is 23.8 Å². The number of aromatic amines is 1. The van der Waals surface area contributed by atoms with Crippen molar-refractivity contribution in [1.29, 1.82) is 0 Å². The Morgan fingerprint density at radius 2 is 2.29 bits per heavy atom. The molecule has 0 amide bonds. The molecule has 3 N–H and O–H groups in total. The van der Waals surface area contributed by atoms with Gasteiger partial charge in [-0.1, -0.05) is 13.0 Å². The van der Waals surface area contributed by atoms with E-state index in [-0.39, 0.29) is 0 Å². The Balaban J connectivity index is 2.03. The molecule has 4 nitrogen and oxygen atoms in total. The van der Waals surface area contributed by atoms with Crippen LogP contribution in [-0.4, -0.2) is 22.5 Å². The number of hydrogen-bond donors (Lipinski definition) is 2. The van der Waals surface area contributed by atoms with E-state index < -0.39 is 0 Å². The van der Waals surface area contributed by atoms with Crippen molar-refractivity contribution in [2.75, 3.05) is 12.3 Å². The van der Waals surface area contributed by atoms with Gasteiger partial charge in [-0.15, -0.1) is 0 Å². The zero-order valence-corrected chi connectivity index (χ0v) is 9.90. The monoisotopic (exact) mass is 228 g/mol. The highest BCUT2D eigenvalue weighted by Crippen LogP contribution is 2.23. The first-order valence-electron chi connectivity index (χ1n) is 6.01. The SMILES string of the molecule is CC1CCC(c2ccc3[nH]nc(N)c3c2)=NC1. The van der Waals surface area contributed by atoms with Crippen LogP contribution in [0.4, 0.5) is 5.82 Å². The summed E-state index contributed by atoms with van der Waals surface area (Å²) in [5, 5.41) is 7.91. The molecule has 1 unspecified atom stereocenters. The van der Waals surface area contributed by atoms with E-state index in [0.29, 0.717) is 11.7 Å². The number of fused-ring (bicyclic) bond motifs is 1. The zero-order valence-electron chi connectivity index (χ0n) is 9.90. The molecule has 0 fully saturated rings. The number of aliphatic imine (C=N–C) groups is 1. The van der Waals surface area contributed by atoms with Gasteiger partial charge in [-0.25, -0.2) is 0 Å². The van der Waals surface area contributed by atoms with Crippen molar-refractivity contribution in [2.45, 2.75) is 19.8 Å². The first-order valence-corrected chi connectivity index (χ1v) is 6.01. The summed E-state index contributed by atoms with van der Waals surface area (Å²) in [6.45, 7) is 3.19. The van der Waals surface area contributed by atoms with E-state index in [0.717, 1.165) is 23.9 Å². The average molecular weight is 228 g/mol.